The van der Waals surface area contributed by atoms with Crippen molar-refractivity contribution in [3.8, 4) is 11.6 Å². The monoisotopic (exact) mass is 453 g/mol. The highest BCUT2D eigenvalue weighted by Crippen LogP contribution is 2.33. The summed E-state index contributed by atoms with van der Waals surface area (Å²) in [6.45, 7) is 4.38. The molecule has 0 unspecified atom stereocenters. The molecule has 7 nitrogen and oxygen atoms in total. The number of thiophene rings is 1. The molecule has 0 aliphatic carbocycles. The summed E-state index contributed by atoms with van der Waals surface area (Å²) < 4.78 is 20.3. The highest BCUT2D eigenvalue weighted by Gasteiger charge is 2.29. The fourth-order valence-electron chi connectivity index (χ4n) is 3.96. The summed E-state index contributed by atoms with van der Waals surface area (Å²) in [5, 5.41) is 1.89. The molecule has 2 aliphatic heterocycles. The van der Waals surface area contributed by atoms with Crippen molar-refractivity contribution in [1.82, 2.24) is 19.8 Å². The van der Waals surface area contributed by atoms with E-state index in [2.05, 4.69) is 16.8 Å². The SMILES string of the molecule is CN1CCN(c2nc3c(c(Oc4ccccc4F)n2)CN(C(=O)c2cccs2)CC3)CC1. The minimum atomic E-state index is -0.455. The van der Waals surface area contributed by atoms with Crippen molar-refractivity contribution >= 4 is 23.2 Å². The number of ether oxygens (including phenoxy) is 1. The third kappa shape index (κ3) is 4.18. The topological polar surface area (TPSA) is 61.8 Å². The molecule has 166 valence electrons. The summed E-state index contributed by atoms with van der Waals surface area (Å²) in [4.78, 5) is 29.3. The normalized spacial score (nSPS) is 16.7. The number of rotatable bonds is 4. The van der Waals surface area contributed by atoms with Gasteiger partial charge in [0, 0.05) is 39.1 Å². The largest absolute Gasteiger partial charge is 0.435 e. The quantitative estimate of drug-likeness (QED) is 0.603. The van der Waals surface area contributed by atoms with Gasteiger partial charge in [0.15, 0.2) is 11.6 Å². The average Bonchev–Trinajstić information content (AvgIpc) is 3.35. The molecule has 32 heavy (non-hydrogen) atoms. The van der Waals surface area contributed by atoms with Crippen LogP contribution in [0.2, 0.25) is 0 Å². The number of carbonyl (C=O) groups is 1. The number of hydrogen-bond donors (Lipinski definition) is 0. The minimum absolute atomic E-state index is 0.0226. The highest BCUT2D eigenvalue weighted by atomic mass is 32.1. The van der Waals surface area contributed by atoms with Crippen molar-refractivity contribution in [1.29, 1.82) is 0 Å². The molecule has 1 fully saturated rings. The molecule has 5 rings (SSSR count). The summed E-state index contributed by atoms with van der Waals surface area (Å²) in [5.41, 5.74) is 1.60. The molecule has 2 aromatic heterocycles. The number of piperazine rings is 1. The van der Waals surface area contributed by atoms with Crippen LogP contribution in [-0.4, -0.2) is 65.4 Å². The minimum Gasteiger partial charge on any atom is -0.435 e. The maximum absolute atomic E-state index is 14.3. The van der Waals surface area contributed by atoms with Gasteiger partial charge in [0.2, 0.25) is 11.8 Å². The highest BCUT2D eigenvalue weighted by molar-refractivity contribution is 7.12. The lowest BCUT2D eigenvalue weighted by Gasteiger charge is -2.34. The van der Waals surface area contributed by atoms with Gasteiger partial charge in [0.25, 0.3) is 5.91 Å². The number of anilines is 1. The smallest absolute Gasteiger partial charge is 0.264 e. The first-order valence-electron chi connectivity index (χ1n) is 10.7. The van der Waals surface area contributed by atoms with E-state index in [1.54, 1.807) is 23.1 Å². The molecule has 1 saturated heterocycles. The fourth-order valence-corrected chi connectivity index (χ4v) is 4.66. The Morgan fingerprint density at radius 2 is 1.88 bits per heavy atom. The van der Waals surface area contributed by atoms with Crippen LogP contribution < -0.4 is 9.64 Å². The molecular formula is C23H24FN5O2S. The van der Waals surface area contributed by atoms with Crippen LogP contribution in [0, 0.1) is 5.82 Å². The lowest BCUT2D eigenvalue weighted by molar-refractivity contribution is 0.0736. The first kappa shape index (κ1) is 20.8. The second-order valence-corrected chi connectivity index (χ2v) is 8.98. The van der Waals surface area contributed by atoms with Gasteiger partial charge in [0.1, 0.15) is 0 Å². The summed E-state index contributed by atoms with van der Waals surface area (Å²) in [6, 6.07) is 9.97. The number of halogens is 1. The van der Waals surface area contributed by atoms with Gasteiger partial charge in [-0.3, -0.25) is 4.79 Å². The number of benzene rings is 1. The maximum Gasteiger partial charge on any atom is 0.264 e. The molecule has 0 N–H and O–H groups in total. The molecule has 0 radical (unpaired) electrons. The number of nitrogens with zero attached hydrogens (tertiary/aromatic N) is 5. The van der Waals surface area contributed by atoms with E-state index in [1.807, 2.05) is 17.5 Å². The average molecular weight is 454 g/mol. The van der Waals surface area contributed by atoms with Gasteiger partial charge < -0.3 is 19.4 Å². The van der Waals surface area contributed by atoms with Crippen molar-refractivity contribution in [3.63, 3.8) is 0 Å². The number of hydrogen-bond acceptors (Lipinski definition) is 7. The zero-order valence-electron chi connectivity index (χ0n) is 17.8. The van der Waals surface area contributed by atoms with E-state index in [1.165, 1.54) is 17.4 Å². The Morgan fingerprint density at radius 1 is 1.06 bits per heavy atom. The molecule has 4 heterocycles. The molecule has 0 bridgehead atoms. The number of para-hydroxylation sites is 1. The van der Waals surface area contributed by atoms with Gasteiger partial charge in [-0.1, -0.05) is 18.2 Å². The predicted molar refractivity (Wildman–Crippen MR) is 121 cm³/mol. The van der Waals surface area contributed by atoms with E-state index in [0.717, 1.165) is 37.4 Å². The van der Waals surface area contributed by atoms with Crippen LogP contribution in [0.1, 0.15) is 20.9 Å². The van der Waals surface area contributed by atoms with E-state index >= 15 is 0 Å². The molecule has 0 atom stereocenters. The first-order valence-corrected chi connectivity index (χ1v) is 11.5. The molecule has 9 heteroatoms. The molecule has 2 aliphatic rings. The summed E-state index contributed by atoms with van der Waals surface area (Å²) >= 11 is 1.42. The number of carbonyl (C=O) groups excluding carboxylic acids is 1. The third-order valence-electron chi connectivity index (χ3n) is 5.86. The number of aromatic nitrogens is 2. The zero-order valence-corrected chi connectivity index (χ0v) is 18.6. The van der Waals surface area contributed by atoms with Gasteiger partial charge in [-0.05, 0) is 30.6 Å². The van der Waals surface area contributed by atoms with Crippen molar-refractivity contribution in [3.05, 3.63) is 63.7 Å². The molecule has 1 amide bonds. The van der Waals surface area contributed by atoms with E-state index in [0.29, 0.717) is 36.2 Å². The van der Waals surface area contributed by atoms with Crippen LogP contribution in [0.4, 0.5) is 10.3 Å². The van der Waals surface area contributed by atoms with E-state index in [-0.39, 0.29) is 11.7 Å². The Balaban J connectivity index is 1.49. The molecule has 0 saturated carbocycles. The van der Waals surface area contributed by atoms with Gasteiger partial charge in [-0.25, -0.2) is 9.37 Å². The standard InChI is InChI=1S/C23H24FN5O2S/c1-27-10-12-28(13-11-27)23-25-18-8-9-29(22(30)20-7-4-14-32-20)15-16(18)21(26-23)31-19-6-3-2-5-17(19)24/h2-7,14H,8-13,15H2,1H3. The third-order valence-corrected chi connectivity index (χ3v) is 6.72. The molecular weight excluding hydrogens is 429 g/mol. The van der Waals surface area contributed by atoms with Crippen LogP contribution in [0.5, 0.6) is 11.6 Å². The van der Waals surface area contributed by atoms with Crippen LogP contribution in [0.15, 0.2) is 41.8 Å². The molecule has 3 aromatic rings. The van der Waals surface area contributed by atoms with Gasteiger partial charge in [-0.15, -0.1) is 11.3 Å². The van der Waals surface area contributed by atoms with E-state index in [9.17, 15) is 9.18 Å². The number of fused-ring (bicyclic) bond motifs is 1. The van der Waals surface area contributed by atoms with Gasteiger partial charge in [0.05, 0.1) is 22.7 Å². The first-order chi connectivity index (χ1) is 15.6. The van der Waals surface area contributed by atoms with Crippen LogP contribution in [0.25, 0.3) is 0 Å². The van der Waals surface area contributed by atoms with E-state index < -0.39 is 5.82 Å². The Morgan fingerprint density at radius 3 is 2.62 bits per heavy atom. The lowest BCUT2D eigenvalue weighted by Crippen LogP contribution is -2.45. The Kier molecular flexibility index (Phi) is 5.75. The van der Waals surface area contributed by atoms with Crippen molar-refractivity contribution in [2.45, 2.75) is 13.0 Å². The lowest BCUT2D eigenvalue weighted by atomic mass is 10.1. The zero-order chi connectivity index (χ0) is 22.1. The fraction of sp³-hybridized carbons (Fsp3) is 0.348. The summed E-state index contributed by atoms with van der Waals surface area (Å²) in [7, 11) is 2.09. The van der Waals surface area contributed by atoms with Crippen molar-refractivity contribution < 1.29 is 13.9 Å². The van der Waals surface area contributed by atoms with E-state index in [4.69, 9.17) is 14.7 Å². The van der Waals surface area contributed by atoms with Crippen molar-refractivity contribution in [2.75, 3.05) is 44.7 Å². The van der Waals surface area contributed by atoms with Crippen LogP contribution in [0.3, 0.4) is 0 Å². The van der Waals surface area contributed by atoms with Crippen LogP contribution >= 0.6 is 11.3 Å². The van der Waals surface area contributed by atoms with Gasteiger partial charge >= 0.3 is 0 Å². The number of amides is 1. The Labute approximate surface area is 190 Å². The van der Waals surface area contributed by atoms with Crippen molar-refractivity contribution in [2.24, 2.45) is 0 Å². The second-order valence-electron chi connectivity index (χ2n) is 8.03. The Bertz CT molecular complexity index is 1120. The summed E-state index contributed by atoms with van der Waals surface area (Å²) in [5.74, 6) is 0.548. The predicted octanol–water partition coefficient (Wildman–Crippen LogP) is 3.42. The molecule has 0 spiro atoms. The maximum atomic E-state index is 14.3. The Hall–Kier alpha value is -3.04. The second kappa shape index (κ2) is 8.84. The van der Waals surface area contributed by atoms with Gasteiger partial charge in [-0.2, -0.15) is 4.98 Å². The van der Waals surface area contributed by atoms with Crippen LogP contribution in [-0.2, 0) is 13.0 Å². The summed E-state index contributed by atoms with van der Waals surface area (Å²) in [6.07, 6.45) is 0.601. The number of likely N-dealkylation sites (N-methyl/N-ethyl adjacent to an activating group) is 1. The molecule has 1 aromatic carbocycles.